The van der Waals surface area contributed by atoms with E-state index in [4.69, 9.17) is 4.74 Å². The molecule has 1 aliphatic rings. The van der Waals surface area contributed by atoms with Crippen LogP contribution in [0, 0.1) is 5.92 Å². The number of hydrogen-bond acceptors (Lipinski definition) is 7. The van der Waals surface area contributed by atoms with Gasteiger partial charge in [-0.2, -0.15) is 0 Å². The van der Waals surface area contributed by atoms with E-state index in [9.17, 15) is 19.2 Å². The molecule has 1 amide bonds. The van der Waals surface area contributed by atoms with Crippen molar-refractivity contribution < 1.29 is 14.3 Å². The van der Waals surface area contributed by atoms with Crippen molar-refractivity contribution >= 4 is 40.5 Å². The number of unbranched alkanes of at least 4 members (excludes halogenated alkanes) is 1. The Kier molecular flexibility index (Phi) is 7.44. The van der Waals surface area contributed by atoms with Crippen LogP contribution in [0.4, 0.5) is 5.69 Å². The van der Waals surface area contributed by atoms with Gasteiger partial charge < -0.3 is 14.2 Å². The minimum atomic E-state index is -0.592. The molecule has 4 rings (SSSR count). The van der Waals surface area contributed by atoms with Gasteiger partial charge in [-0.25, -0.2) is 9.78 Å². The molecule has 1 N–H and O–H groups in total. The van der Waals surface area contributed by atoms with E-state index in [2.05, 4.69) is 9.97 Å². The molecule has 0 bridgehead atoms. The zero-order chi connectivity index (χ0) is 25.1. The highest BCUT2D eigenvalue weighted by Crippen LogP contribution is 2.29. The molecule has 3 heterocycles. The number of ether oxygens (including phenoxy) is 1. The number of benzene rings is 1. The second-order valence-electron chi connectivity index (χ2n) is 8.42. The van der Waals surface area contributed by atoms with Gasteiger partial charge in [0.1, 0.15) is 12.4 Å². The van der Waals surface area contributed by atoms with Crippen LogP contribution in [0.5, 0.6) is 0 Å². The van der Waals surface area contributed by atoms with Crippen molar-refractivity contribution in [2.45, 2.75) is 57.7 Å². The molecule has 11 heteroatoms. The van der Waals surface area contributed by atoms with Crippen LogP contribution in [-0.4, -0.2) is 43.8 Å². The van der Waals surface area contributed by atoms with Crippen LogP contribution in [0.1, 0.15) is 38.9 Å². The van der Waals surface area contributed by atoms with Crippen LogP contribution in [0.2, 0.25) is 0 Å². The number of carbonyl (C=O) groups is 2. The average molecular weight is 500 g/mol. The van der Waals surface area contributed by atoms with Gasteiger partial charge in [-0.15, -0.1) is 11.8 Å². The molecule has 0 radical (unpaired) electrons. The number of thioether (sulfide) groups is 1. The summed E-state index contributed by atoms with van der Waals surface area (Å²) < 4.78 is 8.66. The van der Waals surface area contributed by atoms with Crippen molar-refractivity contribution in [3.63, 3.8) is 0 Å². The minimum Gasteiger partial charge on any atom is -0.457 e. The minimum absolute atomic E-state index is 0.0722. The molecule has 3 aromatic rings. The summed E-state index contributed by atoms with van der Waals surface area (Å²) in [6, 6.07) is 7.63. The van der Waals surface area contributed by atoms with Gasteiger partial charge in [0, 0.05) is 36.6 Å². The van der Waals surface area contributed by atoms with E-state index in [-0.39, 0.29) is 36.6 Å². The molecule has 186 valence electrons. The molecule has 10 nitrogen and oxygen atoms in total. The molecule has 0 aliphatic carbocycles. The first kappa shape index (κ1) is 24.8. The fourth-order valence-corrected chi connectivity index (χ4v) is 4.79. The van der Waals surface area contributed by atoms with Gasteiger partial charge in [0.2, 0.25) is 5.91 Å². The lowest BCUT2D eigenvalue weighted by atomic mass is 10.1. The van der Waals surface area contributed by atoms with Crippen LogP contribution < -0.4 is 16.1 Å². The van der Waals surface area contributed by atoms with Gasteiger partial charge in [0.25, 0.3) is 5.56 Å². The highest BCUT2D eigenvalue weighted by molar-refractivity contribution is 7.98. The van der Waals surface area contributed by atoms with Crippen LogP contribution in [0.15, 0.2) is 38.8 Å². The Morgan fingerprint density at radius 3 is 2.74 bits per heavy atom. The topological polar surface area (TPSA) is 119 Å². The van der Waals surface area contributed by atoms with Crippen molar-refractivity contribution in [1.29, 1.82) is 0 Å². The Morgan fingerprint density at radius 2 is 2.03 bits per heavy atom. The smallest absolute Gasteiger partial charge is 0.330 e. The van der Waals surface area contributed by atoms with Crippen LogP contribution in [0.25, 0.3) is 11.2 Å². The summed E-state index contributed by atoms with van der Waals surface area (Å²) in [6.45, 7) is 4.80. The predicted molar refractivity (Wildman–Crippen MR) is 134 cm³/mol. The van der Waals surface area contributed by atoms with E-state index in [1.807, 2.05) is 44.4 Å². The van der Waals surface area contributed by atoms with Crippen molar-refractivity contribution in [3.8, 4) is 0 Å². The summed E-state index contributed by atoms with van der Waals surface area (Å²) in [5.41, 5.74) is 0.305. The first-order valence-corrected chi connectivity index (χ1v) is 12.9. The number of imidazole rings is 1. The maximum atomic E-state index is 12.8. The number of esters is 1. The van der Waals surface area contributed by atoms with Gasteiger partial charge in [-0.1, -0.05) is 19.4 Å². The van der Waals surface area contributed by atoms with Gasteiger partial charge in [0.15, 0.2) is 11.2 Å². The number of anilines is 1. The SMILES string of the molecule is CCCCn1c(=O)[nH]c(=O)c2c1nc(COC(=O)C1CC(=O)N(c3cccc(SC)c3)C1)n2CC. The van der Waals surface area contributed by atoms with E-state index in [1.165, 1.54) is 4.57 Å². The summed E-state index contributed by atoms with van der Waals surface area (Å²) in [7, 11) is 0. The highest BCUT2D eigenvalue weighted by Gasteiger charge is 2.36. The van der Waals surface area contributed by atoms with Crippen LogP contribution >= 0.6 is 11.8 Å². The largest absolute Gasteiger partial charge is 0.457 e. The van der Waals surface area contributed by atoms with Crippen molar-refractivity contribution in [1.82, 2.24) is 19.1 Å². The zero-order valence-corrected chi connectivity index (χ0v) is 20.9. The van der Waals surface area contributed by atoms with E-state index in [1.54, 1.807) is 21.2 Å². The number of rotatable bonds is 9. The standard InChI is InChI=1S/C24H29N5O5S/c1-4-6-10-28-21-20(22(31)26-24(28)33)27(5-2)18(25-21)14-34-23(32)15-11-19(30)29(13-15)16-8-7-9-17(12-16)35-3/h7-9,12,15H,4-6,10-11,13-14H2,1-3H3,(H,26,31,33). The molecule has 35 heavy (non-hydrogen) atoms. The third kappa shape index (κ3) is 4.90. The molecule has 0 spiro atoms. The molecular weight excluding hydrogens is 470 g/mol. The molecule has 0 saturated carbocycles. The van der Waals surface area contributed by atoms with E-state index >= 15 is 0 Å². The number of carbonyl (C=O) groups excluding carboxylic acids is 2. The number of hydrogen-bond donors (Lipinski definition) is 1. The van der Waals surface area contributed by atoms with Crippen molar-refractivity contribution in [2.24, 2.45) is 5.92 Å². The molecule has 1 fully saturated rings. The number of aromatic nitrogens is 4. The quantitative estimate of drug-likeness (QED) is 0.355. The monoisotopic (exact) mass is 499 g/mol. The third-order valence-electron chi connectivity index (χ3n) is 6.18. The number of fused-ring (bicyclic) bond motifs is 1. The molecular formula is C24H29N5O5S. The average Bonchev–Trinajstić information content (AvgIpc) is 3.43. The Balaban J connectivity index is 1.53. The summed E-state index contributed by atoms with van der Waals surface area (Å²) in [6.07, 6.45) is 3.68. The number of H-pyrrole nitrogens is 1. The Bertz CT molecular complexity index is 1370. The molecule has 1 saturated heterocycles. The molecule has 1 atom stereocenters. The normalized spacial score (nSPS) is 15.8. The maximum Gasteiger partial charge on any atom is 0.330 e. The summed E-state index contributed by atoms with van der Waals surface area (Å²) in [4.78, 5) is 59.8. The first-order chi connectivity index (χ1) is 16.9. The van der Waals surface area contributed by atoms with E-state index < -0.39 is 23.1 Å². The molecule has 1 aliphatic heterocycles. The lowest BCUT2D eigenvalue weighted by molar-refractivity contribution is -0.150. The molecule has 1 unspecified atom stereocenters. The lowest BCUT2D eigenvalue weighted by Crippen LogP contribution is -2.31. The fraction of sp³-hybridized carbons (Fsp3) is 0.458. The van der Waals surface area contributed by atoms with Gasteiger partial charge in [-0.05, 0) is 37.8 Å². The number of aryl methyl sites for hydroxylation is 2. The Hall–Kier alpha value is -3.34. The second kappa shape index (κ2) is 10.5. The van der Waals surface area contributed by atoms with Crippen LogP contribution in [-0.2, 0) is 34.0 Å². The molecule has 2 aromatic heterocycles. The zero-order valence-electron chi connectivity index (χ0n) is 20.1. The molecule has 1 aromatic carbocycles. The highest BCUT2D eigenvalue weighted by atomic mass is 32.2. The van der Waals surface area contributed by atoms with Gasteiger partial charge >= 0.3 is 11.7 Å². The number of nitrogens with zero attached hydrogens (tertiary/aromatic N) is 4. The summed E-state index contributed by atoms with van der Waals surface area (Å²) in [5, 5.41) is 0. The number of aromatic amines is 1. The summed E-state index contributed by atoms with van der Waals surface area (Å²) in [5.74, 6) is -0.830. The number of amides is 1. The fourth-order valence-electron chi connectivity index (χ4n) is 4.34. The maximum absolute atomic E-state index is 12.8. The number of nitrogens with one attached hydrogen (secondary N) is 1. The summed E-state index contributed by atoms with van der Waals surface area (Å²) >= 11 is 1.58. The third-order valence-corrected chi connectivity index (χ3v) is 6.91. The lowest BCUT2D eigenvalue weighted by Gasteiger charge is -2.17. The first-order valence-electron chi connectivity index (χ1n) is 11.7. The van der Waals surface area contributed by atoms with Gasteiger partial charge in [-0.3, -0.25) is 23.9 Å². The Morgan fingerprint density at radius 1 is 1.23 bits per heavy atom. The van der Waals surface area contributed by atoms with E-state index in [0.717, 1.165) is 23.4 Å². The van der Waals surface area contributed by atoms with Crippen molar-refractivity contribution in [3.05, 3.63) is 50.9 Å². The van der Waals surface area contributed by atoms with E-state index in [0.29, 0.717) is 18.9 Å². The second-order valence-corrected chi connectivity index (χ2v) is 9.30. The van der Waals surface area contributed by atoms with Crippen LogP contribution in [0.3, 0.4) is 0 Å². The Labute approximate surface area is 206 Å². The van der Waals surface area contributed by atoms with Gasteiger partial charge in [0.05, 0.1) is 5.92 Å². The predicted octanol–water partition coefficient (Wildman–Crippen LogP) is 2.52. The van der Waals surface area contributed by atoms with Crippen molar-refractivity contribution in [2.75, 3.05) is 17.7 Å².